The first kappa shape index (κ1) is 17.0. The van der Waals surface area contributed by atoms with E-state index in [0.29, 0.717) is 29.0 Å². The molecule has 126 valence electrons. The average molecular weight is 367 g/mol. The second-order valence-corrected chi connectivity index (χ2v) is 6.50. The lowest BCUT2D eigenvalue weighted by Gasteiger charge is -2.18. The molecule has 1 aromatic carbocycles. The molecule has 1 aliphatic heterocycles. The lowest BCUT2D eigenvalue weighted by Crippen LogP contribution is -2.32. The topological polar surface area (TPSA) is 71.3 Å². The van der Waals surface area contributed by atoms with Gasteiger partial charge in [-0.15, -0.1) is 0 Å². The van der Waals surface area contributed by atoms with Crippen LogP contribution in [0, 0.1) is 10.1 Å². The van der Waals surface area contributed by atoms with Crippen LogP contribution in [0.5, 0.6) is 0 Å². The molecule has 24 heavy (non-hydrogen) atoms. The molecule has 6 nitrogen and oxygen atoms in total. The van der Waals surface area contributed by atoms with E-state index in [2.05, 4.69) is 10.3 Å². The third-order valence-corrected chi connectivity index (χ3v) is 4.63. The highest BCUT2D eigenvalue weighted by atomic mass is 35.5. The Balaban J connectivity index is 1.63. The van der Waals surface area contributed by atoms with Crippen LogP contribution in [0.25, 0.3) is 0 Å². The van der Waals surface area contributed by atoms with Gasteiger partial charge in [-0.3, -0.25) is 10.1 Å². The number of rotatable bonds is 5. The molecular formula is C16H16Cl2N4O2. The molecule has 0 saturated carbocycles. The molecule has 0 radical (unpaired) electrons. The summed E-state index contributed by atoms with van der Waals surface area (Å²) in [6.45, 7) is 2.02. The molecule has 2 aromatic rings. The summed E-state index contributed by atoms with van der Waals surface area (Å²) < 4.78 is 0. The van der Waals surface area contributed by atoms with E-state index in [1.54, 1.807) is 18.3 Å². The molecule has 0 aliphatic carbocycles. The summed E-state index contributed by atoms with van der Waals surface area (Å²) in [5, 5.41) is 15.8. The molecule has 0 amide bonds. The first-order valence-electron chi connectivity index (χ1n) is 7.56. The summed E-state index contributed by atoms with van der Waals surface area (Å²) in [6.07, 6.45) is 2.47. The highest BCUT2D eigenvalue weighted by Crippen LogP contribution is 2.28. The summed E-state index contributed by atoms with van der Waals surface area (Å²) in [4.78, 5) is 16.9. The van der Waals surface area contributed by atoms with Crippen LogP contribution in [0.15, 0.2) is 36.5 Å². The van der Waals surface area contributed by atoms with Crippen LogP contribution in [0.1, 0.15) is 12.0 Å². The number of aromatic nitrogens is 1. The molecule has 1 N–H and O–H groups in total. The minimum absolute atomic E-state index is 0.0406. The molecule has 1 unspecified atom stereocenters. The fourth-order valence-corrected chi connectivity index (χ4v) is 3.29. The normalized spacial score (nSPS) is 17.2. The van der Waals surface area contributed by atoms with Crippen LogP contribution < -0.4 is 10.2 Å². The lowest BCUT2D eigenvalue weighted by molar-refractivity contribution is -0.384. The number of halogens is 2. The zero-order valence-corrected chi connectivity index (χ0v) is 14.3. The van der Waals surface area contributed by atoms with Crippen molar-refractivity contribution in [3.63, 3.8) is 0 Å². The molecule has 1 atom stereocenters. The zero-order valence-electron chi connectivity index (χ0n) is 12.8. The fraction of sp³-hybridized carbons (Fsp3) is 0.312. The van der Waals surface area contributed by atoms with E-state index in [1.165, 1.54) is 6.07 Å². The van der Waals surface area contributed by atoms with Crippen LogP contribution >= 0.6 is 23.2 Å². The second kappa shape index (κ2) is 7.34. The van der Waals surface area contributed by atoms with Crippen molar-refractivity contribution in [3.8, 4) is 0 Å². The van der Waals surface area contributed by atoms with Gasteiger partial charge in [-0.1, -0.05) is 29.3 Å². The van der Waals surface area contributed by atoms with Crippen molar-refractivity contribution in [1.29, 1.82) is 0 Å². The number of anilines is 1. The minimum atomic E-state index is -0.392. The van der Waals surface area contributed by atoms with E-state index in [4.69, 9.17) is 23.2 Å². The Morgan fingerprint density at radius 2 is 2.21 bits per heavy atom. The molecule has 1 aromatic heterocycles. The smallest absolute Gasteiger partial charge is 0.311 e. The predicted octanol–water partition coefficient (Wildman–Crippen LogP) is 3.67. The fourth-order valence-electron chi connectivity index (χ4n) is 2.81. The number of benzene rings is 1. The Kier molecular flexibility index (Phi) is 5.18. The highest BCUT2D eigenvalue weighted by molar-refractivity contribution is 6.35. The number of nitro groups is 1. The minimum Gasteiger partial charge on any atom is -0.349 e. The van der Waals surface area contributed by atoms with Crippen LogP contribution in [0.4, 0.5) is 11.5 Å². The van der Waals surface area contributed by atoms with Gasteiger partial charge in [0, 0.05) is 48.0 Å². The number of hydrogen-bond acceptors (Lipinski definition) is 5. The van der Waals surface area contributed by atoms with E-state index in [0.717, 1.165) is 18.5 Å². The maximum atomic E-state index is 11.1. The second-order valence-electron chi connectivity index (χ2n) is 5.65. The van der Waals surface area contributed by atoms with E-state index in [1.807, 2.05) is 17.0 Å². The Morgan fingerprint density at radius 3 is 2.96 bits per heavy atom. The van der Waals surface area contributed by atoms with Gasteiger partial charge in [0.05, 0.1) is 4.92 Å². The lowest BCUT2D eigenvalue weighted by atomic mass is 10.2. The maximum absolute atomic E-state index is 11.1. The SMILES string of the molecule is O=[N+]([O-])c1cccnc1N1CCC(NCc2ccc(Cl)cc2Cl)C1. The van der Waals surface area contributed by atoms with E-state index in [9.17, 15) is 10.1 Å². The Morgan fingerprint density at radius 1 is 1.38 bits per heavy atom. The summed E-state index contributed by atoms with van der Waals surface area (Å²) in [7, 11) is 0. The predicted molar refractivity (Wildman–Crippen MR) is 94.8 cm³/mol. The van der Waals surface area contributed by atoms with Gasteiger partial charge in [0.1, 0.15) is 0 Å². The molecule has 0 bridgehead atoms. The van der Waals surface area contributed by atoms with Crippen LogP contribution in [-0.4, -0.2) is 29.0 Å². The maximum Gasteiger partial charge on any atom is 0.311 e. The molecule has 1 aliphatic rings. The van der Waals surface area contributed by atoms with E-state index >= 15 is 0 Å². The quantitative estimate of drug-likeness (QED) is 0.645. The third-order valence-electron chi connectivity index (χ3n) is 4.05. The summed E-state index contributed by atoms with van der Waals surface area (Å²) in [5.41, 5.74) is 1.02. The van der Waals surface area contributed by atoms with Crippen molar-refractivity contribution in [1.82, 2.24) is 10.3 Å². The zero-order chi connectivity index (χ0) is 17.1. The van der Waals surface area contributed by atoms with Gasteiger partial charge in [0.25, 0.3) is 0 Å². The molecule has 1 saturated heterocycles. The molecule has 2 heterocycles. The first-order valence-corrected chi connectivity index (χ1v) is 8.32. The Labute approximate surface area is 149 Å². The number of nitrogens with one attached hydrogen (secondary N) is 1. The molecule has 1 fully saturated rings. The number of nitrogens with zero attached hydrogens (tertiary/aromatic N) is 3. The molecule has 3 rings (SSSR count). The van der Waals surface area contributed by atoms with Gasteiger partial charge < -0.3 is 10.2 Å². The molecule has 8 heteroatoms. The standard InChI is InChI=1S/C16H16Cl2N4O2/c17-12-4-3-11(14(18)8-12)9-20-13-5-7-21(10-13)16-15(22(23)24)2-1-6-19-16/h1-4,6,8,13,20H,5,7,9-10H2. The number of hydrogen-bond donors (Lipinski definition) is 1. The van der Waals surface area contributed by atoms with E-state index in [-0.39, 0.29) is 11.7 Å². The Hall–Kier alpha value is -1.89. The highest BCUT2D eigenvalue weighted by Gasteiger charge is 2.28. The monoisotopic (exact) mass is 366 g/mol. The van der Waals surface area contributed by atoms with Crippen LogP contribution in [0.2, 0.25) is 10.0 Å². The Bertz CT molecular complexity index is 757. The summed E-state index contributed by atoms with van der Waals surface area (Å²) in [5.74, 6) is 0.427. The first-order chi connectivity index (χ1) is 11.5. The van der Waals surface area contributed by atoms with Gasteiger partial charge >= 0.3 is 5.69 Å². The van der Waals surface area contributed by atoms with E-state index < -0.39 is 4.92 Å². The van der Waals surface area contributed by atoms with Crippen molar-refractivity contribution in [2.24, 2.45) is 0 Å². The van der Waals surface area contributed by atoms with Crippen molar-refractivity contribution in [2.75, 3.05) is 18.0 Å². The van der Waals surface area contributed by atoms with Crippen molar-refractivity contribution >= 4 is 34.7 Å². The van der Waals surface area contributed by atoms with Gasteiger partial charge in [0.15, 0.2) is 0 Å². The average Bonchev–Trinajstić information content (AvgIpc) is 3.03. The summed E-state index contributed by atoms with van der Waals surface area (Å²) in [6, 6.07) is 8.71. The van der Waals surface area contributed by atoms with Crippen LogP contribution in [0.3, 0.4) is 0 Å². The van der Waals surface area contributed by atoms with Gasteiger partial charge in [-0.05, 0) is 30.2 Å². The molecule has 0 spiro atoms. The summed E-state index contributed by atoms with van der Waals surface area (Å²) >= 11 is 12.1. The van der Waals surface area contributed by atoms with Gasteiger partial charge in [-0.25, -0.2) is 4.98 Å². The van der Waals surface area contributed by atoms with Crippen LogP contribution in [-0.2, 0) is 6.54 Å². The molecular weight excluding hydrogens is 351 g/mol. The van der Waals surface area contributed by atoms with Gasteiger partial charge in [-0.2, -0.15) is 0 Å². The third kappa shape index (κ3) is 3.77. The van der Waals surface area contributed by atoms with Crippen molar-refractivity contribution < 1.29 is 4.92 Å². The number of pyridine rings is 1. The van der Waals surface area contributed by atoms with Crippen molar-refractivity contribution in [3.05, 3.63) is 62.3 Å². The van der Waals surface area contributed by atoms with Crippen molar-refractivity contribution in [2.45, 2.75) is 19.0 Å². The van der Waals surface area contributed by atoms with Gasteiger partial charge in [0.2, 0.25) is 5.82 Å². The largest absolute Gasteiger partial charge is 0.349 e.